The number of benzene rings is 2. The average Bonchev–Trinajstić information content (AvgIpc) is 3.10. The predicted molar refractivity (Wildman–Crippen MR) is 131 cm³/mol. The van der Waals surface area contributed by atoms with Crippen molar-refractivity contribution in [3.05, 3.63) is 64.7 Å². The second kappa shape index (κ2) is 8.35. The van der Waals surface area contributed by atoms with E-state index in [4.69, 9.17) is 5.73 Å². The lowest BCUT2D eigenvalue weighted by Gasteiger charge is -2.32. The lowest BCUT2D eigenvalue weighted by Crippen LogP contribution is -2.34. The van der Waals surface area contributed by atoms with E-state index in [2.05, 4.69) is 9.71 Å². The Morgan fingerprint density at radius 3 is 2.70 bits per heavy atom. The molecule has 2 aromatic carbocycles. The van der Waals surface area contributed by atoms with Gasteiger partial charge < -0.3 is 15.8 Å². The standard InChI is InChI=1S/C25H29N3O4S/c1-4-12-33(31,32)28-17-7-5-6-15(13-17)18-10-11-20(24(26)29)23-22(18)19-9-8-16(25(2,3)30)14-21(19)27-23/h4-7,10-13,16,27-28,30H,8-9,14H2,1-3H3,(H2,26,29). The molecule has 1 amide bonds. The number of H-pyrrole nitrogens is 1. The summed E-state index contributed by atoms with van der Waals surface area (Å²) in [5.74, 6) is -0.417. The van der Waals surface area contributed by atoms with E-state index in [1.807, 2.05) is 26.0 Å². The van der Waals surface area contributed by atoms with Crippen molar-refractivity contribution >= 4 is 32.5 Å². The monoisotopic (exact) mass is 467 g/mol. The fraction of sp³-hybridized carbons (Fsp3) is 0.320. The number of anilines is 1. The number of primary amides is 1. The number of rotatable bonds is 6. The molecule has 8 heteroatoms. The molecule has 0 radical (unpaired) electrons. The number of aromatic amines is 1. The number of carbonyl (C=O) groups is 1. The van der Waals surface area contributed by atoms with E-state index in [0.717, 1.165) is 46.0 Å². The van der Waals surface area contributed by atoms with Crippen molar-refractivity contribution in [3.63, 3.8) is 0 Å². The molecular formula is C25H29N3O4S. The summed E-state index contributed by atoms with van der Waals surface area (Å²) < 4.78 is 26.9. The minimum Gasteiger partial charge on any atom is -0.390 e. The molecule has 0 spiro atoms. The molecule has 1 aliphatic carbocycles. The molecule has 0 saturated heterocycles. The number of allylic oxidation sites excluding steroid dienone is 1. The van der Waals surface area contributed by atoms with Gasteiger partial charge in [0.05, 0.1) is 16.7 Å². The fourth-order valence-electron chi connectivity index (χ4n) is 4.72. The molecule has 0 bridgehead atoms. The van der Waals surface area contributed by atoms with Gasteiger partial charge in [0.1, 0.15) is 0 Å². The number of aromatic nitrogens is 1. The zero-order valence-electron chi connectivity index (χ0n) is 19.0. The summed E-state index contributed by atoms with van der Waals surface area (Å²) in [5, 5.41) is 12.6. The topological polar surface area (TPSA) is 125 Å². The summed E-state index contributed by atoms with van der Waals surface area (Å²) in [5.41, 5.74) is 10.2. The largest absolute Gasteiger partial charge is 0.390 e. The van der Waals surface area contributed by atoms with Crippen molar-refractivity contribution in [2.75, 3.05) is 4.72 Å². The Bertz CT molecular complexity index is 1360. The summed E-state index contributed by atoms with van der Waals surface area (Å²) in [6, 6.07) is 10.7. The highest BCUT2D eigenvalue weighted by Crippen LogP contribution is 2.41. The van der Waals surface area contributed by atoms with E-state index in [1.54, 1.807) is 31.2 Å². The Morgan fingerprint density at radius 1 is 1.27 bits per heavy atom. The van der Waals surface area contributed by atoms with E-state index in [9.17, 15) is 18.3 Å². The summed E-state index contributed by atoms with van der Waals surface area (Å²) >= 11 is 0. The highest BCUT2D eigenvalue weighted by atomic mass is 32.2. The summed E-state index contributed by atoms with van der Waals surface area (Å²) in [7, 11) is -3.59. The SMILES string of the molecule is CC=CS(=O)(=O)Nc1cccc(-c2ccc(C(N)=O)c3[nH]c4c(c23)CCC(C(C)(C)O)C4)c1. The van der Waals surface area contributed by atoms with E-state index < -0.39 is 21.5 Å². The number of nitrogens with one attached hydrogen (secondary N) is 2. The Hall–Kier alpha value is -3.10. The Balaban J connectivity index is 1.87. The molecule has 0 aliphatic heterocycles. The maximum Gasteiger partial charge on any atom is 0.254 e. The van der Waals surface area contributed by atoms with Gasteiger partial charge in [-0.15, -0.1) is 0 Å². The summed E-state index contributed by atoms with van der Waals surface area (Å²) in [4.78, 5) is 15.6. The zero-order valence-corrected chi connectivity index (χ0v) is 19.8. The average molecular weight is 468 g/mol. The summed E-state index contributed by atoms with van der Waals surface area (Å²) in [6.45, 7) is 5.29. The molecule has 1 atom stereocenters. The van der Waals surface area contributed by atoms with Gasteiger partial charge in [-0.25, -0.2) is 8.42 Å². The van der Waals surface area contributed by atoms with Crippen LogP contribution in [-0.2, 0) is 22.9 Å². The van der Waals surface area contributed by atoms with Crippen molar-refractivity contribution in [3.8, 4) is 11.1 Å². The lowest BCUT2D eigenvalue weighted by molar-refractivity contribution is 0.0107. The van der Waals surface area contributed by atoms with Gasteiger partial charge in [0, 0.05) is 22.2 Å². The molecule has 0 saturated carbocycles. The van der Waals surface area contributed by atoms with Crippen LogP contribution < -0.4 is 10.5 Å². The van der Waals surface area contributed by atoms with E-state index >= 15 is 0 Å². The number of aryl methyl sites for hydroxylation is 1. The van der Waals surface area contributed by atoms with Gasteiger partial charge in [-0.2, -0.15) is 0 Å². The maximum absolute atomic E-state index is 12.2. The van der Waals surface area contributed by atoms with Gasteiger partial charge >= 0.3 is 0 Å². The van der Waals surface area contributed by atoms with Crippen molar-refractivity contribution in [2.45, 2.75) is 45.6 Å². The highest BCUT2D eigenvalue weighted by molar-refractivity contribution is 7.95. The van der Waals surface area contributed by atoms with Crippen LogP contribution in [0.5, 0.6) is 0 Å². The number of sulfonamides is 1. The molecule has 174 valence electrons. The quantitative estimate of drug-likeness (QED) is 0.436. The molecule has 1 heterocycles. The van der Waals surface area contributed by atoms with Crippen LogP contribution in [0.25, 0.3) is 22.0 Å². The predicted octanol–water partition coefficient (Wildman–Crippen LogP) is 4.08. The van der Waals surface area contributed by atoms with Gasteiger partial charge in [-0.1, -0.05) is 24.3 Å². The van der Waals surface area contributed by atoms with Gasteiger partial charge in [0.25, 0.3) is 15.9 Å². The second-order valence-electron chi connectivity index (χ2n) is 9.15. The molecule has 0 fully saturated rings. The molecule has 3 aromatic rings. The van der Waals surface area contributed by atoms with Crippen LogP contribution in [0.4, 0.5) is 5.69 Å². The van der Waals surface area contributed by atoms with Crippen LogP contribution >= 0.6 is 0 Å². The fourth-order valence-corrected chi connectivity index (χ4v) is 5.60. The second-order valence-corrected chi connectivity index (χ2v) is 10.7. The normalized spacial score (nSPS) is 16.8. The molecule has 33 heavy (non-hydrogen) atoms. The zero-order chi connectivity index (χ0) is 24.0. The van der Waals surface area contributed by atoms with E-state index in [0.29, 0.717) is 23.2 Å². The van der Waals surface area contributed by atoms with Crippen LogP contribution in [0.1, 0.15) is 48.8 Å². The van der Waals surface area contributed by atoms with Crippen molar-refractivity contribution in [2.24, 2.45) is 11.7 Å². The third-order valence-electron chi connectivity index (χ3n) is 6.35. The molecular weight excluding hydrogens is 438 g/mol. The maximum atomic E-state index is 12.2. The Kier molecular flexibility index (Phi) is 5.84. The number of nitrogens with two attached hydrogens (primary N) is 1. The number of aliphatic hydroxyl groups is 1. The highest BCUT2D eigenvalue weighted by Gasteiger charge is 2.33. The van der Waals surface area contributed by atoms with Crippen LogP contribution in [-0.4, -0.2) is 30.0 Å². The summed E-state index contributed by atoms with van der Waals surface area (Å²) in [6.07, 6.45) is 3.72. The van der Waals surface area contributed by atoms with Gasteiger partial charge in [0.2, 0.25) is 0 Å². The third-order valence-corrected chi connectivity index (χ3v) is 7.50. The molecule has 4 rings (SSSR count). The van der Waals surface area contributed by atoms with Gasteiger partial charge in [-0.3, -0.25) is 9.52 Å². The van der Waals surface area contributed by atoms with Crippen LogP contribution in [0, 0.1) is 5.92 Å². The Morgan fingerprint density at radius 2 is 2.03 bits per heavy atom. The van der Waals surface area contributed by atoms with Crippen molar-refractivity contribution in [1.82, 2.24) is 4.98 Å². The number of fused-ring (bicyclic) bond motifs is 3. The number of carbonyl (C=O) groups excluding carboxylic acids is 1. The van der Waals surface area contributed by atoms with Gasteiger partial charge in [0.15, 0.2) is 0 Å². The molecule has 7 nitrogen and oxygen atoms in total. The number of amides is 1. The molecule has 1 aromatic heterocycles. The van der Waals surface area contributed by atoms with Crippen LogP contribution in [0.2, 0.25) is 0 Å². The third kappa shape index (κ3) is 4.54. The minimum absolute atomic E-state index is 0.0999. The van der Waals surface area contributed by atoms with Crippen molar-refractivity contribution < 1.29 is 18.3 Å². The molecule has 5 N–H and O–H groups in total. The molecule has 1 unspecified atom stereocenters. The van der Waals surface area contributed by atoms with E-state index in [1.165, 1.54) is 6.08 Å². The first-order valence-electron chi connectivity index (χ1n) is 10.9. The molecule has 1 aliphatic rings. The van der Waals surface area contributed by atoms with Crippen molar-refractivity contribution in [1.29, 1.82) is 0 Å². The Labute approximate surface area is 193 Å². The number of hydrogen-bond acceptors (Lipinski definition) is 4. The van der Waals surface area contributed by atoms with Crippen LogP contribution in [0.15, 0.2) is 47.9 Å². The smallest absolute Gasteiger partial charge is 0.254 e. The number of hydrogen-bond donors (Lipinski definition) is 4. The van der Waals surface area contributed by atoms with E-state index in [-0.39, 0.29) is 5.92 Å². The first kappa shape index (κ1) is 23.1. The van der Waals surface area contributed by atoms with Crippen LogP contribution in [0.3, 0.4) is 0 Å². The lowest BCUT2D eigenvalue weighted by atomic mass is 9.77. The van der Waals surface area contributed by atoms with Gasteiger partial charge in [-0.05, 0) is 80.8 Å². The minimum atomic E-state index is -3.59. The first-order valence-corrected chi connectivity index (χ1v) is 12.5. The first-order chi connectivity index (χ1) is 15.5.